The average Bonchev–Trinajstić information content (AvgIpc) is 2.84. The van der Waals surface area contributed by atoms with Crippen LogP contribution in [0.3, 0.4) is 0 Å². The fourth-order valence-corrected chi connectivity index (χ4v) is 5.12. The molecule has 2 aliphatic rings. The van der Waals surface area contributed by atoms with Crippen LogP contribution in [0.2, 0.25) is 0 Å². The molecule has 184 valence electrons. The lowest BCUT2D eigenvalue weighted by molar-refractivity contribution is 0.355. The number of anilines is 3. The lowest BCUT2D eigenvalue weighted by Crippen LogP contribution is -2.42. The van der Waals surface area contributed by atoms with Gasteiger partial charge in [0.15, 0.2) is 16.6 Å². The van der Waals surface area contributed by atoms with Crippen LogP contribution in [0.5, 0.6) is 11.5 Å². The maximum Gasteiger partial charge on any atom is 0.225 e. The third-order valence-electron chi connectivity index (χ3n) is 6.62. The van der Waals surface area contributed by atoms with Crippen LogP contribution in [-0.2, 0) is 12.8 Å². The fraction of sp³-hybridized carbons (Fsp3) is 0.560. The minimum Gasteiger partial charge on any atom is -0.493 e. The summed E-state index contributed by atoms with van der Waals surface area (Å²) in [5, 5.41) is 11.0. The van der Waals surface area contributed by atoms with Crippen molar-refractivity contribution in [2.45, 2.75) is 63.5 Å². The number of rotatable bonds is 7. The van der Waals surface area contributed by atoms with E-state index in [4.69, 9.17) is 31.7 Å². The molecule has 0 saturated heterocycles. The van der Waals surface area contributed by atoms with Gasteiger partial charge in [0, 0.05) is 43.5 Å². The zero-order chi connectivity index (χ0) is 24.1. The molecule has 1 aromatic carbocycles. The lowest BCUT2D eigenvalue weighted by Gasteiger charge is -2.31. The molecular formula is C25H36N6O2S. The van der Waals surface area contributed by atoms with Crippen molar-refractivity contribution in [3.8, 4) is 11.5 Å². The van der Waals surface area contributed by atoms with Crippen LogP contribution in [-0.4, -0.2) is 55.5 Å². The second-order valence-electron chi connectivity index (χ2n) is 9.26. The minimum atomic E-state index is 0.347. The van der Waals surface area contributed by atoms with E-state index in [0.717, 1.165) is 56.0 Å². The number of methoxy groups -OCH3 is 2. The first kappa shape index (κ1) is 24.3. The molecular weight excluding hydrogens is 448 g/mol. The predicted octanol–water partition coefficient (Wildman–Crippen LogP) is 4.15. The van der Waals surface area contributed by atoms with E-state index in [2.05, 4.69) is 34.9 Å². The molecule has 3 N–H and O–H groups in total. The van der Waals surface area contributed by atoms with Crippen molar-refractivity contribution in [1.29, 1.82) is 0 Å². The topological polar surface area (TPSA) is 83.6 Å². The normalized spacial score (nSPS) is 19.5. The molecule has 2 aromatic rings. The Labute approximate surface area is 207 Å². The first-order chi connectivity index (χ1) is 16.5. The molecule has 1 heterocycles. The van der Waals surface area contributed by atoms with Gasteiger partial charge in [-0.25, -0.2) is 4.98 Å². The quantitative estimate of drug-likeness (QED) is 0.502. The first-order valence-corrected chi connectivity index (χ1v) is 12.5. The predicted molar refractivity (Wildman–Crippen MR) is 142 cm³/mol. The number of ether oxygens (including phenoxy) is 2. The maximum atomic E-state index is 5.55. The molecule has 1 saturated carbocycles. The van der Waals surface area contributed by atoms with Gasteiger partial charge in [-0.1, -0.05) is 0 Å². The summed E-state index contributed by atoms with van der Waals surface area (Å²) in [6.45, 7) is 0. The van der Waals surface area contributed by atoms with Crippen molar-refractivity contribution < 1.29 is 9.47 Å². The lowest BCUT2D eigenvalue weighted by atomic mass is 9.91. The van der Waals surface area contributed by atoms with Gasteiger partial charge >= 0.3 is 0 Å². The van der Waals surface area contributed by atoms with Crippen molar-refractivity contribution in [1.82, 2.24) is 15.3 Å². The molecule has 4 rings (SSSR count). The molecule has 0 spiro atoms. The Hall–Kier alpha value is -2.81. The Morgan fingerprint density at radius 1 is 0.971 bits per heavy atom. The number of aromatic nitrogens is 2. The summed E-state index contributed by atoms with van der Waals surface area (Å²) < 4.78 is 10.7. The molecule has 8 nitrogen and oxygen atoms in total. The Morgan fingerprint density at radius 3 is 2.38 bits per heavy atom. The molecule has 1 fully saturated rings. The van der Waals surface area contributed by atoms with Gasteiger partial charge in [-0.3, -0.25) is 0 Å². The number of hydrogen-bond acceptors (Lipinski definition) is 7. The van der Waals surface area contributed by atoms with Gasteiger partial charge in [0.05, 0.1) is 19.9 Å². The first-order valence-electron chi connectivity index (χ1n) is 12.1. The standard InChI is InChI=1S/C25H36N6O2S/c1-31(2)23-19-7-5-6-8-20(19)29-24(30-23)26-16-9-11-17(12-10-16)27-25(34)28-18-13-14-21(32-3)22(15-18)33-4/h13-17H,5-12H2,1-4H3,(H,26,29,30)(H2,27,28,34). The SMILES string of the molecule is COc1ccc(NC(=S)NC2CCC(Nc3nc4c(c(N(C)C)n3)CCCC4)CC2)cc1OC. The second kappa shape index (κ2) is 11.1. The summed E-state index contributed by atoms with van der Waals surface area (Å²) in [4.78, 5) is 11.9. The van der Waals surface area contributed by atoms with Gasteiger partial charge < -0.3 is 30.3 Å². The average molecular weight is 485 g/mol. The van der Waals surface area contributed by atoms with Crippen LogP contribution in [0.4, 0.5) is 17.5 Å². The number of nitrogens with zero attached hydrogens (tertiary/aromatic N) is 3. The van der Waals surface area contributed by atoms with Crippen LogP contribution in [0, 0.1) is 0 Å². The van der Waals surface area contributed by atoms with E-state index in [1.54, 1.807) is 14.2 Å². The van der Waals surface area contributed by atoms with Crippen LogP contribution >= 0.6 is 12.2 Å². The molecule has 1 aromatic heterocycles. The number of thiocarbonyl (C=S) groups is 1. The summed E-state index contributed by atoms with van der Waals surface area (Å²) in [5.41, 5.74) is 3.41. The summed E-state index contributed by atoms with van der Waals surface area (Å²) in [7, 11) is 7.39. The molecule has 9 heteroatoms. The zero-order valence-corrected chi connectivity index (χ0v) is 21.4. The van der Waals surface area contributed by atoms with E-state index in [1.165, 1.54) is 24.1 Å². The van der Waals surface area contributed by atoms with Crippen LogP contribution in [0.1, 0.15) is 49.8 Å². The highest BCUT2D eigenvalue weighted by atomic mass is 32.1. The highest BCUT2D eigenvalue weighted by Crippen LogP contribution is 2.31. The third-order valence-corrected chi connectivity index (χ3v) is 6.84. The van der Waals surface area contributed by atoms with Gasteiger partial charge in [-0.2, -0.15) is 4.98 Å². The van der Waals surface area contributed by atoms with E-state index in [0.29, 0.717) is 28.7 Å². The molecule has 0 radical (unpaired) electrons. The number of aryl methyl sites for hydroxylation is 1. The molecule has 2 aliphatic carbocycles. The highest BCUT2D eigenvalue weighted by Gasteiger charge is 2.24. The van der Waals surface area contributed by atoms with Crippen molar-refractivity contribution in [3.63, 3.8) is 0 Å². The Balaban J connectivity index is 1.29. The Morgan fingerprint density at radius 2 is 1.68 bits per heavy atom. The van der Waals surface area contributed by atoms with Crippen molar-refractivity contribution in [3.05, 3.63) is 29.5 Å². The van der Waals surface area contributed by atoms with Gasteiger partial charge in [0.1, 0.15) is 5.82 Å². The molecule has 0 amide bonds. The van der Waals surface area contributed by atoms with E-state index < -0.39 is 0 Å². The van der Waals surface area contributed by atoms with Gasteiger partial charge in [-0.05, 0) is 75.7 Å². The summed E-state index contributed by atoms with van der Waals surface area (Å²) in [6.07, 6.45) is 8.75. The number of hydrogen-bond donors (Lipinski definition) is 3. The van der Waals surface area contributed by atoms with E-state index in [1.807, 2.05) is 18.2 Å². The summed E-state index contributed by atoms with van der Waals surface area (Å²) in [5.74, 6) is 3.20. The number of nitrogens with one attached hydrogen (secondary N) is 3. The monoisotopic (exact) mass is 484 g/mol. The number of fused-ring (bicyclic) bond motifs is 1. The summed E-state index contributed by atoms with van der Waals surface area (Å²) in [6, 6.07) is 6.40. The van der Waals surface area contributed by atoms with E-state index in [-0.39, 0.29) is 0 Å². The largest absolute Gasteiger partial charge is 0.493 e. The van der Waals surface area contributed by atoms with Gasteiger partial charge in [0.2, 0.25) is 5.95 Å². The minimum absolute atomic E-state index is 0.347. The molecule has 34 heavy (non-hydrogen) atoms. The molecule has 0 bridgehead atoms. The fourth-order valence-electron chi connectivity index (χ4n) is 4.84. The second-order valence-corrected chi connectivity index (χ2v) is 9.67. The van der Waals surface area contributed by atoms with Crippen LogP contribution in [0.25, 0.3) is 0 Å². The highest BCUT2D eigenvalue weighted by molar-refractivity contribution is 7.80. The van der Waals surface area contributed by atoms with Crippen molar-refractivity contribution >= 4 is 34.8 Å². The zero-order valence-electron chi connectivity index (χ0n) is 20.6. The maximum absolute atomic E-state index is 5.55. The van der Waals surface area contributed by atoms with Gasteiger partial charge in [-0.15, -0.1) is 0 Å². The molecule has 0 aliphatic heterocycles. The summed E-state index contributed by atoms with van der Waals surface area (Å²) >= 11 is 5.55. The van der Waals surface area contributed by atoms with Crippen LogP contribution in [0.15, 0.2) is 18.2 Å². The number of benzene rings is 1. The van der Waals surface area contributed by atoms with Crippen molar-refractivity contribution in [2.75, 3.05) is 43.8 Å². The van der Waals surface area contributed by atoms with Gasteiger partial charge in [0.25, 0.3) is 0 Å². The van der Waals surface area contributed by atoms with E-state index in [9.17, 15) is 0 Å². The molecule has 0 unspecified atom stereocenters. The van der Waals surface area contributed by atoms with E-state index >= 15 is 0 Å². The molecule has 0 atom stereocenters. The Kier molecular flexibility index (Phi) is 7.92. The van der Waals surface area contributed by atoms with Crippen molar-refractivity contribution in [2.24, 2.45) is 0 Å². The Bertz CT molecular complexity index is 1010. The van der Waals surface area contributed by atoms with Crippen LogP contribution < -0.4 is 30.3 Å². The smallest absolute Gasteiger partial charge is 0.225 e. The third kappa shape index (κ3) is 5.81.